The topological polar surface area (TPSA) is 98.7 Å². The number of amides is 1. The molecule has 0 spiro atoms. The van der Waals surface area contributed by atoms with E-state index in [-0.39, 0.29) is 18.0 Å². The summed E-state index contributed by atoms with van der Waals surface area (Å²) in [4.78, 5) is 25.2. The van der Waals surface area contributed by atoms with Crippen molar-refractivity contribution in [1.82, 2.24) is 24.8 Å². The molecule has 0 bridgehead atoms. The molecule has 2 atom stereocenters. The number of benzene rings is 1. The molecule has 0 radical (unpaired) electrons. The maximum Gasteiger partial charge on any atom is 0.251 e. The summed E-state index contributed by atoms with van der Waals surface area (Å²) in [5, 5.41) is 3.16. The summed E-state index contributed by atoms with van der Waals surface area (Å²) in [6.45, 7) is 0. The van der Waals surface area contributed by atoms with Gasteiger partial charge in [-0.05, 0) is 37.5 Å². The summed E-state index contributed by atoms with van der Waals surface area (Å²) in [6, 6.07) is 7.52. The van der Waals surface area contributed by atoms with Gasteiger partial charge in [-0.1, -0.05) is 22.0 Å². The lowest BCUT2D eigenvalue weighted by molar-refractivity contribution is 0.0929. The number of nitrogens with zero attached hydrogens (tertiary/aromatic N) is 4. The van der Waals surface area contributed by atoms with Gasteiger partial charge < -0.3 is 15.6 Å². The molecule has 8 heteroatoms. The highest BCUT2D eigenvalue weighted by molar-refractivity contribution is 9.10. The Morgan fingerprint density at radius 3 is 3.00 bits per heavy atom. The second-order valence-corrected chi connectivity index (χ2v) is 7.09. The smallest absolute Gasteiger partial charge is 0.251 e. The zero-order valence-electron chi connectivity index (χ0n) is 13.4. The van der Waals surface area contributed by atoms with E-state index in [1.165, 1.54) is 6.33 Å². The molecule has 3 N–H and O–H groups in total. The molecule has 1 amide bonds. The number of nitrogens with two attached hydrogens (primary N) is 1. The lowest BCUT2D eigenvalue weighted by atomic mass is 10.1. The number of carbonyl (C=O) groups is 1. The molecular weight excluding hydrogens is 384 g/mol. The fourth-order valence-corrected chi connectivity index (χ4v) is 3.84. The Kier molecular flexibility index (Phi) is 4.12. The summed E-state index contributed by atoms with van der Waals surface area (Å²) in [5.74, 6) is 0.299. The van der Waals surface area contributed by atoms with Crippen LogP contribution in [0.3, 0.4) is 0 Å². The summed E-state index contributed by atoms with van der Waals surface area (Å²) < 4.78 is 2.89. The van der Waals surface area contributed by atoms with Gasteiger partial charge in [0.25, 0.3) is 5.91 Å². The van der Waals surface area contributed by atoms with E-state index in [1.54, 1.807) is 6.33 Å². The second-order valence-electron chi connectivity index (χ2n) is 6.17. The molecule has 7 nitrogen and oxygen atoms in total. The number of hydrogen-bond donors (Lipinski definition) is 2. The van der Waals surface area contributed by atoms with Crippen molar-refractivity contribution >= 4 is 38.8 Å². The third-order valence-corrected chi connectivity index (χ3v) is 5.12. The average molecular weight is 401 g/mol. The molecule has 2 aromatic heterocycles. The van der Waals surface area contributed by atoms with Crippen molar-refractivity contribution in [3.05, 3.63) is 47.0 Å². The van der Waals surface area contributed by atoms with Gasteiger partial charge in [0.2, 0.25) is 0 Å². The molecule has 1 fully saturated rings. The van der Waals surface area contributed by atoms with Crippen LogP contribution in [0.2, 0.25) is 0 Å². The average Bonchev–Trinajstić information content (AvgIpc) is 3.22. The van der Waals surface area contributed by atoms with Gasteiger partial charge in [-0.15, -0.1) is 0 Å². The first kappa shape index (κ1) is 16.0. The number of hydrogen-bond acceptors (Lipinski definition) is 5. The minimum Gasteiger partial charge on any atom is -0.382 e. The van der Waals surface area contributed by atoms with Gasteiger partial charge in [0.1, 0.15) is 11.8 Å². The fraction of sp³-hybridized carbons (Fsp3) is 0.294. The predicted molar refractivity (Wildman–Crippen MR) is 98.0 cm³/mol. The number of carbonyl (C=O) groups excluding carboxylic acids is 1. The van der Waals surface area contributed by atoms with Crippen molar-refractivity contribution in [3.8, 4) is 0 Å². The van der Waals surface area contributed by atoms with Crippen molar-refractivity contribution in [3.63, 3.8) is 0 Å². The van der Waals surface area contributed by atoms with Crippen LogP contribution in [0.5, 0.6) is 0 Å². The van der Waals surface area contributed by atoms with Crippen molar-refractivity contribution in [2.45, 2.75) is 31.3 Å². The molecule has 3 aromatic rings. The monoisotopic (exact) mass is 400 g/mol. The van der Waals surface area contributed by atoms with Gasteiger partial charge >= 0.3 is 0 Å². The number of nitrogen functional groups attached to an aromatic ring is 1. The fourth-order valence-electron chi connectivity index (χ4n) is 3.44. The highest BCUT2D eigenvalue weighted by Gasteiger charge is 2.31. The van der Waals surface area contributed by atoms with E-state index in [9.17, 15) is 4.79 Å². The van der Waals surface area contributed by atoms with E-state index < -0.39 is 0 Å². The van der Waals surface area contributed by atoms with E-state index in [1.807, 2.05) is 28.8 Å². The Labute approximate surface area is 152 Å². The van der Waals surface area contributed by atoms with Crippen LogP contribution in [-0.2, 0) is 0 Å². The lowest BCUT2D eigenvalue weighted by Crippen LogP contribution is -2.38. The standard InChI is InChI=1S/C17H17BrN6O/c18-11-4-1-3-10(7-11)17(25)23-12-5-2-6-13(12)24-9-22-14-15(19)20-8-21-16(14)24/h1,3-4,7-9,12-13H,2,5-6H2,(H,23,25)(H2,19,20,21)/t12-,13-/m1/s1. The molecule has 4 rings (SSSR count). The van der Waals surface area contributed by atoms with Crippen LogP contribution >= 0.6 is 15.9 Å². The quantitative estimate of drug-likeness (QED) is 0.703. The number of imidazole rings is 1. The van der Waals surface area contributed by atoms with E-state index in [0.29, 0.717) is 22.5 Å². The lowest BCUT2D eigenvalue weighted by Gasteiger charge is -2.22. The number of rotatable bonds is 3. The molecule has 0 aliphatic heterocycles. The van der Waals surface area contributed by atoms with Crippen LogP contribution in [0, 0.1) is 0 Å². The molecule has 25 heavy (non-hydrogen) atoms. The SMILES string of the molecule is Nc1ncnc2c1ncn2[C@@H]1CCC[C@H]1NC(=O)c1cccc(Br)c1. The molecule has 0 unspecified atom stereocenters. The third kappa shape index (κ3) is 2.97. The maximum absolute atomic E-state index is 12.6. The number of anilines is 1. The number of fused-ring (bicyclic) bond motifs is 1. The van der Waals surface area contributed by atoms with Gasteiger partial charge in [0, 0.05) is 16.1 Å². The summed E-state index contributed by atoms with van der Waals surface area (Å²) in [5.41, 5.74) is 7.83. The van der Waals surface area contributed by atoms with Crippen molar-refractivity contribution < 1.29 is 4.79 Å². The second kappa shape index (κ2) is 6.44. The van der Waals surface area contributed by atoms with Gasteiger partial charge in [0.05, 0.1) is 12.4 Å². The normalized spacial score (nSPS) is 20.0. The van der Waals surface area contributed by atoms with Crippen molar-refractivity contribution in [2.24, 2.45) is 0 Å². The van der Waals surface area contributed by atoms with Gasteiger partial charge in [-0.2, -0.15) is 0 Å². The minimum atomic E-state index is -0.0724. The van der Waals surface area contributed by atoms with Crippen molar-refractivity contribution in [1.29, 1.82) is 0 Å². The van der Waals surface area contributed by atoms with Crippen LogP contribution < -0.4 is 11.1 Å². The Balaban J connectivity index is 1.60. The molecule has 1 aromatic carbocycles. The van der Waals surface area contributed by atoms with Crippen LogP contribution in [0.15, 0.2) is 41.4 Å². The van der Waals surface area contributed by atoms with E-state index in [4.69, 9.17) is 5.73 Å². The molecule has 1 saturated carbocycles. The number of aromatic nitrogens is 4. The molecule has 2 heterocycles. The Morgan fingerprint density at radius 2 is 2.16 bits per heavy atom. The highest BCUT2D eigenvalue weighted by atomic mass is 79.9. The first-order chi connectivity index (χ1) is 12.1. The molecule has 128 valence electrons. The zero-order valence-corrected chi connectivity index (χ0v) is 15.0. The van der Waals surface area contributed by atoms with Gasteiger partial charge in [-0.3, -0.25) is 4.79 Å². The van der Waals surface area contributed by atoms with E-state index in [0.717, 1.165) is 23.7 Å². The molecule has 0 saturated heterocycles. The molecule has 1 aliphatic rings. The first-order valence-electron chi connectivity index (χ1n) is 8.13. The molecule has 1 aliphatic carbocycles. The van der Waals surface area contributed by atoms with Gasteiger partial charge in [-0.25, -0.2) is 15.0 Å². The molecular formula is C17H17BrN6O. The highest BCUT2D eigenvalue weighted by Crippen LogP contribution is 2.33. The summed E-state index contributed by atoms with van der Waals surface area (Å²) in [7, 11) is 0. The Morgan fingerprint density at radius 1 is 1.28 bits per heavy atom. The Hall–Kier alpha value is -2.48. The van der Waals surface area contributed by atoms with E-state index >= 15 is 0 Å². The largest absolute Gasteiger partial charge is 0.382 e. The minimum absolute atomic E-state index is 0.0278. The number of nitrogens with one attached hydrogen (secondary N) is 1. The van der Waals surface area contributed by atoms with Crippen molar-refractivity contribution in [2.75, 3.05) is 5.73 Å². The zero-order chi connectivity index (χ0) is 17.4. The third-order valence-electron chi connectivity index (χ3n) is 4.63. The predicted octanol–water partition coefficient (Wildman–Crippen LogP) is 2.69. The number of halogens is 1. The summed E-state index contributed by atoms with van der Waals surface area (Å²) >= 11 is 3.40. The summed E-state index contributed by atoms with van der Waals surface area (Å²) in [6.07, 6.45) is 6.10. The van der Waals surface area contributed by atoms with Crippen LogP contribution in [0.4, 0.5) is 5.82 Å². The van der Waals surface area contributed by atoms with Crippen LogP contribution in [0.25, 0.3) is 11.2 Å². The van der Waals surface area contributed by atoms with Crippen LogP contribution in [0.1, 0.15) is 35.7 Å². The Bertz CT molecular complexity index is 940. The van der Waals surface area contributed by atoms with Gasteiger partial charge in [0.15, 0.2) is 11.5 Å². The maximum atomic E-state index is 12.6. The van der Waals surface area contributed by atoms with E-state index in [2.05, 4.69) is 36.2 Å². The first-order valence-corrected chi connectivity index (χ1v) is 8.92. The van der Waals surface area contributed by atoms with Crippen LogP contribution in [-0.4, -0.2) is 31.5 Å².